The first-order valence-corrected chi connectivity index (χ1v) is 14.1. The summed E-state index contributed by atoms with van der Waals surface area (Å²) in [6, 6.07) is 4.07. The average Bonchev–Trinajstić information content (AvgIpc) is 2.74. The molecule has 174 valence electrons. The van der Waals surface area contributed by atoms with Gasteiger partial charge in [0.2, 0.25) is 0 Å². The molecule has 0 atom stereocenters. The van der Waals surface area contributed by atoms with Gasteiger partial charge in [-0.05, 0) is 49.1 Å². The lowest BCUT2D eigenvalue weighted by molar-refractivity contribution is 0.461. The quantitative estimate of drug-likeness (QED) is 0.163. The second-order valence-corrected chi connectivity index (χ2v) is 10.2. The lowest BCUT2D eigenvalue weighted by Crippen LogP contribution is -1.94. The maximum absolute atomic E-state index is 10.3. The SMILES string of the molecule is CCCCCCCCCCCCSc1c(O)ccc(CCCCCCCCC)c1C. The fourth-order valence-corrected chi connectivity index (χ4v) is 5.32. The zero-order chi connectivity index (χ0) is 21.9. The summed E-state index contributed by atoms with van der Waals surface area (Å²) in [5.74, 6) is 1.61. The van der Waals surface area contributed by atoms with Crippen LogP contribution >= 0.6 is 11.8 Å². The fraction of sp³-hybridized carbons (Fsp3) is 0.786. The predicted octanol–water partition coefficient (Wildman–Crippen LogP) is 10.0. The van der Waals surface area contributed by atoms with Crippen LogP contribution < -0.4 is 0 Å². The Morgan fingerprint density at radius 2 is 1.10 bits per heavy atom. The van der Waals surface area contributed by atoms with Crippen LogP contribution in [0, 0.1) is 6.92 Å². The van der Waals surface area contributed by atoms with Crippen molar-refractivity contribution in [2.24, 2.45) is 0 Å². The number of benzene rings is 1. The minimum absolute atomic E-state index is 0.480. The first kappa shape index (κ1) is 27.4. The van der Waals surface area contributed by atoms with Gasteiger partial charge in [0.1, 0.15) is 5.75 Å². The first-order chi connectivity index (χ1) is 14.7. The number of phenols is 1. The average molecular weight is 435 g/mol. The molecule has 1 nitrogen and oxygen atoms in total. The van der Waals surface area contributed by atoms with Crippen molar-refractivity contribution in [3.8, 4) is 5.75 Å². The zero-order valence-electron chi connectivity index (χ0n) is 20.4. The van der Waals surface area contributed by atoms with Gasteiger partial charge in [-0.3, -0.25) is 0 Å². The van der Waals surface area contributed by atoms with E-state index in [4.69, 9.17) is 0 Å². The molecule has 0 unspecified atom stereocenters. The molecule has 0 spiro atoms. The van der Waals surface area contributed by atoms with Crippen molar-refractivity contribution in [1.82, 2.24) is 0 Å². The molecule has 1 aromatic rings. The third-order valence-corrected chi connectivity index (χ3v) is 7.59. The topological polar surface area (TPSA) is 20.2 Å². The van der Waals surface area contributed by atoms with E-state index in [1.165, 1.54) is 120 Å². The van der Waals surface area contributed by atoms with Crippen LogP contribution in [-0.4, -0.2) is 10.9 Å². The van der Waals surface area contributed by atoms with Crippen LogP contribution in [0.25, 0.3) is 0 Å². The summed E-state index contributed by atoms with van der Waals surface area (Å²) in [4.78, 5) is 1.13. The van der Waals surface area contributed by atoms with E-state index in [0.29, 0.717) is 5.75 Å². The highest BCUT2D eigenvalue weighted by Gasteiger charge is 2.10. The minimum atomic E-state index is 0.480. The monoisotopic (exact) mass is 434 g/mol. The molecule has 0 aliphatic carbocycles. The second kappa shape index (κ2) is 19.1. The van der Waals surface area contributed by atoms with Gasteiger partial charge in [-0.25, -0.2) is 0 Å². The van der Waals surface area contributed by atoms with E-state index in [1.54, 1.807) is 0 Å². The van der Waals surface area contributed by atoms with E-state index in [0.717, 1.165) is 17.1 Å². The van der Waals surface area contributed by atoms with Gasteiger partial charge in [0.05, 0.1) is 4.90 Å². The molecule has 0 bridgehead atoms. The third-order valence-electron chi connectivity index (χ3n) is 6.29. The Bertz CT molecular complexity index is 526. The largest absolute Gasteiger partial charge is 0.507 e. The van der Waals surface area contributed by atoms with Crippen molar-refractivity contribution < 1.29 is 5.11 Å². The van der Waals surface area contributed by atoms with Crippen molar-refractivity contribution in [1.29, 1.82) is 0 Å². The molecule has 1 aromatic carbocycles. The van der Waals surface area contributed by atoms with E-state index in [-0.39, 0.29) is 0 Å². The molecule has 0 aliphatic heterocycles. The van der Waals surface area contributed by atoms with Crippen LogP contribution in [0.4, 0.5) is 0 Å². The van der Waals surface area contributed by atoms with Crippen molar-refractivity contribution in [3.05, 3.63) is 23.3 Å². The van der Waals surface area contributed by atoms with Crippen LogP contribution in [0.5, 0.6) is 5.75 Å². The summed E-state index contributed by atoms with van der Waals surface area (Å²) in [5, 5.41) is 10.3. The standard InChI is InChI=1S/C28H50OS/c1-4-6-8-10-12-13-14-16-18-20-24-30-28-25(3)26(22-23-27(28)29)21-19-17-15-11-9-7-5-2/h22-23,29H,4-21,24H2,1-3H3. The first-order valence-electron chi connectivity index (χ1n) is 13.1. The Labute approximate surface area is 192 Å². The second-order valence-electron chi connectivity index (χ2n) is 9.10. The maximum Gasteiger partial charge on any atom is 0.129 e. The molecule has 0 aromatic heterocycles. The predicted molar refractivity (Wildman–Crippen MR) is 137 cm³/mol. The van der Waals surface area contributed by atoms with Gasteiger partial charge < -0.3 is 5.11 Å². The highest BCUT2D eigenvalue weighted by molar-refractivity contribution is 7.99. The Hall–Kier alpha value is -0.630. The summed E-state index contributed by atoms with van der Waals surface area (Å²) in [5.41, 5.74) is 2.75. The number of hydrogen-bond donors (Lipinski definition) is 1. The minimum Gasteiger partial charge on any atom is -0.507 e. The molecule has 0 saturated carbocycles. The van der Waals surface area contributed by atoms with Crippen molar-refractivity contribution in [2.45, 2.75) is 141 Å². The van der Waals surface area contributed by atoms with Gasteiger partial charge in [0.15, 0.2) is 0 Å². The smallest absolute Gasteiger partial charge is 0.129 e. The molecule has 0 fully saturated rings. The normalized spacial score (nSPS) is 11.3. The molecule has 1 N–H and O–H groups in total. The van der Waals surface area contributed by atoms with Crippen LogP contribution in [0.2, 0.25) is 0 Å². The number of hydrogen-bond acceptors (Lipinski definition) is 2. The highest BCUT2D eigenvalue weighted by Crippen LogP contribution is 2.35. The number of thioether (sulfide) groups is 1. The Morgan fingerprint density at radius 1 is 0.633 bits per heavy atom. The van der Waals surface area contributed by atoms with Gasteiger partial charge >= 0.3 is 0 Å². The van der Waals surface area contributed by atoms with E-state index < -0.39 is 0 Å². The third kappa shape index (κ3) is 12.9. The molecule has 0 amide bonds. The molecule has 30 heavy (non-hydrogen) atoms. The Morgan fingerprint density at radius 3 is 1.63 bits per heavy atom. The van der Waals surface area contributed by atoms with E-state index in [9.17, 15) is 5.11 Å². The molecular formula is C28H50OS. The summed E-state index contributed by atoms with van der Waals surface area (Å²) in [7, 11) is 0. The molecule has 0 heterocycles. The van der Waals surface area contributed by atoms with Crippen molar-refractivity contribution in [3.63, 3.8) is 0 Å². The molecule has 0 saturated heterocycles. The summed E-state index contributed by atoms with van der Waals surface area (Å²) in [6.07, 6.45) is 24.5. The number of phenolic OH excluding ortho intramolecular Hbond substituents is 1. The Balaban J connectivity index is 2.18. The summed E-state index contributed by atoms with van der Waals surface area (Å²) in [6.45, 7) is 6.77. The molecule has 0 radical (unpaired) electrons. The van der Waals surface area contributed by atoms with E-state index in [2.05, 4.69) is 26.8 Å². The maximum atomic E-state index is 10.3. The van der Waals surface area contributed by atoms with Gasteiger partial charge in [-0.2, -0.15) is 0 Å². The van der Waals surface area contributed by atoms with Gasteiger partial charge in [-0.1, -0.05) is 116 Å². The number of unbranched alkanes of at least 4 members (excludes halogenated alkanes) is 15. The number of aromatic hydroxyl groups is 1. The van der Waals surface area contributed by atoms with Crippen LogP contribution in [0.3, 0.4) is 0 Å². The molecule has 1 rings (SSSR count). The van der Waals surface area contributed by atoms with Crippen LogP contribution in [0.1, 0.15) is 134 Å². The zero-order valence-corrected chi connectivity index (χ0v) is 21.3. The highest BCUT2D eigenvalue weighted by atomic mass is 32.2. The number of rotatable bonds is 20. The molecule has 2 heteroatoms. The lowest BCUT2D eigenvalue weighted by atomic mass is 10.0. The molecule has 0 aliphatic rings. The van der Waals surface area contributed by atoms with Crippen LogP contribution in [0.15, 0.2) is 17.0 Å². The van der Waals surface area contributed by atoms with E-state index >= 15 is 0 Å². The van der Waals surface area contributed by atoms with Crippen molar-refractivity contribution in [2.75, 3.05) is 5.75 Å². The number of aryl methyl sites for hydroxylation is 1. The lowest BCUT2D eigenvalue weighted by Gasteiger charge is -2.13. The summed E-state index contributed by atoms with van der Waals surface area (Å²) >= 11 is 1.87. The Kier molecular flexibility index (Phi) is 17.4. The van der Waals surface area contributed by atoms with Crippen molar-refractivity contribution >= 4 is 11.8 Å². The van der Waals surface area contributed by atoms with Crippen LogP contribution in [-0.2, 0) is 6.42 Å². The van der Waals surface area contributed by atoms with E-state index in [1.807, 2.05) is 17.8 Å². The fourth-order valence-electron chi connectivity index (χ4n) is 4.21. The molecular weight excluding hydrogens is 384 g/mol. The van der Waals surface area contributed by atoms with Gasteiger partial charge in [0, 0.05) is 0 Å². The van der Waals surface area contributed by atoms with Gasteiger partial charge in [-0.15, -0.1) is 11.8 Å². The summed E-state index contributed by atoms with van der Waals surface area (Å²) < 4.78 is 0. The van der Waals surface area contributed by atoms with Gasteiger partial charge in [0.25, 0.3) is 0 Å².